The summed E-state index contributed by atoms with van der Waals surface area (Å²) in [5.74, 6) is 0. The van der Waals surface area contributed by atoms with E-state index in [1.165, 1.54) is 0 Å². The maximum Gasteiger partial charge on any atom is 0.260 e. The number of rotatable bonds is 6. The Morgan fingerprint density at radius 3 is 2.68 bits per heavy atom. The SMILES string of the molecule is CSC1(CNS(=O)(=O)c2n[nH]c(C)c2CO)CCC1. The Kier molecular flexibility index (Phi) is 4.24. The molecule has 0 amide bonds. The molecular weight excluding hydrogens is 286 g/mol. The Morgan fingerprint density at radius 2 is 2.21 bits per heavy atom. The zero-order valence-corrected chi connectivity index (χ0v) is 12.7. The van der Waals surface area contributed by atoms with E-state index in [1.54, 1.807) is 18.7 Å². The Labute approximate surface area is 117 Å². The summed E-state index contributed by atoms with van der Waals surface area (Å²) in [5, 5.41) is 15.5. The molecule has 1 heterocycles. The van der Waals surface area contributed by atoms with Crippen molar-refractivity contribution < 1.29 is 13.5 Å². The number of nitrogens with one attached hydrogen (secondary N) is 2. The number of thioether (sulfide) groups is 1. The van der Waals surface area contributed by atoms with Gasteiger partial charge in [0.25, 0.3) is 10.0 Å². The average molecular weight is 305 g/mol. The molecule has 1 saturated carbocycles. The number of H-pyrrole nitrogens is 1. The summed E-state index contributed by atoms with van der Waals surface area (Å²) in [6, 6.07) is 0. The summed E-state index contributed by atoms with van der Waals surface area (Å²) in [7, 11) is -3.67. The minimum atomic E-state index is -3.67. The summed E-state index contributed by atoms with van der Waals surface area (Å²) < 4.78 is 27.1. The highest BCUT2D eigenvalue weighted by Gasteiger charge is 2.37. The number of aliphatic hydroxyl groups is 1. The first kappa shape index (κ1) is 14.8. The van der Waals surface area contributed by atoms with Crippen LogP contribution in [0.3, 0.4) is 0 Å². The molecule has 0 unspecified atom stereocenters. The van der Waals surface area contributed by atoms with E-state index in [2.05, 4.69) is 14.9 Å². The van der Waals surface area contributed by atoms with Gasteiger partial charge in [-0.25, -0.2) is 13.1 Å². The third-order valence-electron chi connectivity index (χ3n) is 3.73. The van der Waals surface area contributed by atoms with Gasteiger partial charge in [0.05, 0.1) is 6.61 Å². The van der Waals surface area contributed by atoms with Crippen molar-refractivity contribution >= 4 is 21.8 Å². The van der Waals surface area contributed by atoms with Gasteiger partial charge >= 0.3 is 0 Å². The third-order valence-corrected chi connectivity index (χ3v) is 6.52. The zero-order chi connectivity index (χ0) is 14.1. The van der Waals surface area contributed by atoms with Crippen LogP contribution in [-0.2, 0) is 16.6 Å². The van der Waals surface area contributed by atoms with Crippen molar-refractivity contribution in [3.8, 4) is 0 Å². The lowest BCUT2D eigenvalue weighted by Crippen LogP contribution is -2.45. The maximum absolute atomic E-state index is 12.2. The average Bonchev–Trinajstić information content (AvgIpc) is 2.70. The van der Waals surface area contributed by atoms with E-state index in [9.17, 15) is 13.5 Å². The van der Waals surface area contributed by atoms with E-state index >= 15 is 0 Å². The van der Waals surface area contributed by atoms with Gasteiger partial charge in [-0.05, 0) is 26.0 Å². The zero-order valence-electron chi connectivity index (χ0n) is 11.1. The smallest absolute Gasteiger partial charge is 0.260 e. The van der Waals surface area contributed by atoms with Crippen molar-refractivity contribution in [1.82, 2.24) is 14.9 Å². The van der Waals surface area contributed by atoms with Gasteiger partial charge in [0, 0.05) is 22.5 Å². The Balaban J connectivity index is 2.14. The van der Waals surface area contributed by atoms with Crippen molar-refractivity contribution in [2.45, 2.75) is 42.6 Å². The number of nitrogens with zero attached hydrogens (tertiary/aromatic N) is 1. The number of sulfonamides is 1. The molecule has 1 aromatic rings. The van der Waals surface area contributed by atoms with Crippen LogP contribution in [0.4, 0.5) is 0 Å². The van der Waals surface area contributed by atoms with Crippen LogP contribution in [0.1, 0.15) is 30.5 Å². The van der Waals surface area contributed by atoms with Crippen LogP contribution in [0.15, 0.2) is 5.03 Å². The first-order valence-corrected chi connectivity index (χ1v) is 8.84. The molecular formula is C11H19N3O3S2. The molecule has 0 aromatic carbocycles. The largest absolute Gasteiger partial charge is 0.392 e. The number of aromatic amines is 1. The van der Waals surface area contributed by atoms with Crippen LogP contribution < -0.4 is 4.72 Å². The van der Waals surface area contributed by atoms with Gasteiger partial charge < -0.3 is 5.11 Å². The molecule has 6 nitrogen and oxygen atoms in total. The molecule has 0 aliphatic heterocycles. The maximum atomic E-state index is 12.2. The van der Waals surface area contributed by atoms with Crippen LogP contribution in [-0.4, -0.2) is 41.3 Å². The number of aromatic nitrogens is 2. The van der Waals surface area contributed by atoms with E-state index in [0.717, 1.165) is 19.3 Å². The molecule has 1 fully saturated rings. The summed E-state index contributed by atoms with van der Waals surface area (Å²) in [5.41, 5.74) is 0.908. The first-order valence-electron chi connectivity index (χ1n) is 6.14. The molecule has 0 atom stereocenters. The molecule has 1 aliphatic rings. The Hall–Kier alpha value is -0.570. The topological polar surface area (TPSA) is 95.1 Å². The van der Waals surface area contributed by atoms with Crippen LogP contribution in [0, 0.1) is 6.92 Å². The lowest BCUT2D eigenvalue weighted by molar-refractivity contribution is 0.277. The summed E-state index contributed by atoms with van der Waals surface area (Å²) in [6.45, 7) is 1.76. The molecule has 8 heteroatoms. The van der Waals surface area contributed by atoms with Crippen molar-refractivity contribution in [3.63, 3.8) is 0 Å². The van der Waals surface area contributed by atoms with Crippen molar-refractivity contribution in [2.75, 3.05) is 12.8 Å². The van der Waals surface area contributed by atoms with E-state index in [4.69, 9.17) is 0 Å². The molecule has 0 saturated heterocycles. The van der Waals surface area contributed by atoms with E-state index in [1.807, 2.05) is 6.26 Å². The highest BCUT2D eigenvalue weighted by atomic mass is 32.2. The third kappa shape index (κ3) is 2.81. The summed E-state index contributed by atoms with van der Waals surface area (Å²) >= 11 is 1.71. The monoisotopic (exact) mass is 305 g/mol. The van der Waals surface area contributed by atoms with E-state index < -0.39 is 10.0 Å². The fourth-order valence-electron chi connectivity index (χ4n) is 2.16. The minimum absolute atomic E-state index is 0.0256. The second-order valence-electron chi connectivity index (χ2n) is 4.86. The fraction of sp³-hybridized carbons (Fsp3) is 0.727. The highest BCUT2D eigenvalue weighted by molar-refractivity contribution is 8.00. The summed E-state index contributed by atoms with van der Waals surface area (Å²) in [4.78, 5) is 0. The predicted molar refractivity (Wildman–Crippen MR) is 74.5 cm³/mol. The van der Waals surface area contributed by atoms with Gasteiger partial charge in [-0.3, -0.25) is 5.10 Å². The van der Waals surface area contributed by atoms with Gasteiger partial charge in [0.2, 0.25) is 0 Å². The lowest BCUT2D eigenvalue weighted by atomic mass is 9.84. The van der Waals surface area contributed by atoms with Gasteiger partial charge in [-0.1, -0.05) is 6.42 Å². The number of hydrogen-bond donors (Lipinski definition) is 3. The lowest BCUT2D eigenvalue weighted by Gasteiger charge is -2.40. The standard InChI is InChI=1S/C11H19N3O3S2/c1-8-9(6-15)10(14-13-8)19(16,17)12-7-11(18-2)4-3-5-11/h12,15H,3-7H2,1-2H3,(H,13,14). The number of aryl methyl sites for hydroxylation is 1. The van der Waals surface area contributed by atoms with Crippen LogP contribution in [0.25, 0.3) is 0 Å². The molecule has 1 aliphatic carbocycles. The van der Waals surface area contributed by atoms with E-state index in [-0.39, 0.29) is 16.4 Å². The normalized spacial score (nSPS) is 18.3. The summed E-state index contributed by atoms with van der Waals surface area (Å²) in [6.07, 6.45) is 5.21. The molecule has 3 N–H and O–H groups in total. The fourth-order valence-corrected chi connectivity index (χ4v) is 4.47. The van der Waals surface area contributed by atoms with Crippen molar-refractivity contribution in [1.29, 1.82) is 0 Å². The Morgan fingerprint density at radius 1 is 1.53 bits per heavy atom. The number of aliphatic hydroxyl groups excluding tert-OH is 1. The molecule has 1 aromatic heterocycles. The van der Waals surface area contributed by atoms with Gasteiger partial charge in [-0.2, -0.15) is 16.9 Å². The van der Waals surface area contributed by atoms with Gasteiger partial charge in [-0.15, -0.1) is 0 Å². The van der Waals surface area contributed by atoms with E-state index in [0.29, 0.717) is 17.8 Å². The van der Waals surface area contributed by atoms with Crippen LogP contribution in [0.5, 0.6) is 0 Å². The number of hydrogen-bond acceptors (Lipinski definition) is 5. The van der Waals surface area contributed by atoms with Crippen molar-refractivity contribution in [2.24, 2.45) is 0 Å². The van der Waals surface area contributed by atoms with Gasteiger partial charge in [0.1, 0.15) is 0 Å². The minimum Gasteiger partial charge on any atom is -0.392 e. The molecule has 2 rings (SSSR count). The second kappa shape index (κ2) is 5.43. The molecule has 0 radical (unpaired) electrons. The quantitative estimate of drug-likeness (QED) is 0.722. The predicted octanol–water partition coefficient (Wildman–Crippen LogP) is 0.774. The highest BCUT2D eigenvalue weighted by Crippen LogP contribution is 2.42. The second-order valence-corrected chi connectivity index (χ2v) is 7.81. The first-order chi connectivity index (χ1) is 8.94. The van der Waals surface area contributed by atoms with Crippen molar-refractivity contribution in [3.05, 3.63) is 11.3 Å². The molecule has 0 spiro atoms. The van der Waals surface area contributed by atoms with Gasteiger partial charge in [0.15, 0.2) is 5.03 Å². The molecule has 19 heavy (non-hydrogen) atoms. The molecule has 0 bridgehead atoms. The Bertz CT molecular complexity index is 544. The molecule has 108 valence electrons. The van der Waals surface area contributed by atoms with Crippen LogP contribution >= 0.6 is 11.8 Å². The van der Waals surface area contributed by atoms with Crippen LogP contribution in [0.2, 0.25) is 0 Å².